The molecule has 36 heavy (non-hydrogen) atoms. The van der Waals surface area contributed by atoms with Crippen LogP contribution < -0.4 is 9.47 Å². The Hall–Kier alpha value is -2.56. The second-order valence-corrected chi connectivity index (χ2v) is 10.3. The van der Waals surface area contributed by atoms with Crippen LogP contribution in [-0.2, 0) is 15.9 Å². The summed E-state index contributed by atoms with van der Waals surface area (Å²) in [5, 5.41) is 0. The normalized spacial score (nSPS) is 24.0. The summed E-state index contributed by atoms with van der Waals surface area (Å²) in [6.07, 6.45) is 18.7. The van der Waals surface area contributed by atoms with Crippen molar-refractivity contribution in [1.29, 1.82) is 0 Å². The third-order valence-electron chi connectivity index (χ3n) is 7.26. The van der Waals surface area contributed by atoms with Crippen LogP contribution in [0, 0.1) is 0 Å². The molecule has 2 saturated heterocycles. The molecule has 3 aliphatic rings. The number of rotatable bonds is 15. The molecule has 2 aliphatic heterocycles. The molecule has 0 amide bonds. The van der Waals surface area contributed by atoms with Gasteiger partial charge in [-0.25, -0.2) is 0 Å². The van der Waals surface area contributed by atoms with E-state index in [1.54, 1.807) is 0 Å². The Morgan fingerprint density at radius 1 is 0.722 bits per heavy atom. The summed E-state index contributed by atoms with van der Waals surface area (Å²) >= 11 is 0. The van der Waals surface area contributed by atoms with Crippen molar-refractivity contribution < 1.29 is 18.9 Å². The molecule has 2 unspecified atom stereocenters. The van der Waals surface area contributed by atoms with Gasteiger partial charge in [0.15, 0.2) is 0 Å². The molecule has 0 bridgehead atoms. The van der Waals surface area contributed by atoms with Crippen LogP contribution in [0.25, 0.3) is 0 Å². The van der Waals surface area contributed by atoms with Crippen LogP contribution in [0.15, 0.2) is 66.8 Å². The molecule has 2 fully saturated rings. The number of benzene rings is 2. The fraction of sp³-hybridized carbons (Fsp3) is 0.500. The number of hydrogen-bond acceptors (Lipinski definition) is 4. The fourth-order valence-electron chi connectivity index (χ4n) is 4.85. The third-order valence-corrected chi connectivity index (χ3v) is 7.26. The molecule has 2 heterocycles. The van der Waals surface area contributed by atoms with Gasteiger partial charge in [0.05, 0.1) is 13.2 Å². The topological polar surface area (TPSA) is 43.5 Å². The number of aryl methyl sites for hydroxylation is 1. The minimum atomic E-state index is 0.224. The summed E-state index contributed by atoms with van der Waals surface area (Å²) in [5.41, 5.74) is 3.87. The molecule has 5 rings (SSSR count). The Bertz CT molecular complexity index is 1000. The lowest BCUT2D eigenvalue weighted by molar-refractivity contribution is 0.259. The second kappa shape index (κ2) is 12.6. The molecule has 192 valence electrons. The molecule has 2 aromatic carbocycles. The third kappa shape index (κ3) is 7.24. The zero-order chi connectivity index (χ0) is 24.6. The van der Waals surface area contributed by atoms with Crippen LogP contribution >= 0.6 is 0 Å². The number of ether oxygens (including phenoxy) is 4. The van der Waals surface area contributed by atoms with Crippen LogP contribution in [0.3, 0.4) is 0 Å². The minimum absolute atomic E-state index is 0.224. The van der Waals surface area contributed by atoms with E-state index >= 15 is 0 Å². The molecule has 4 heteroatoms. The minimum Gasteiger partial charge on any atom is -0.491 e. The SMILES string of the molecule is CCCCCCCCc1cccc(C2C=CC(c3ccc(OCC4CO4)cc3)C=C2)c1OCC1CO1. The van der Waals surface area contributed by atoms with Gasteiger partial charge in [-0.1, -0.05) is 93.7 Å². The van der Waals surface area contributed by atoms with E-state index in [-0.39, 0.29) is 24.0 Å². The highest BCUT2D eigenvalue weighted by molar-refractivity contribution is 5.49. The van der Waals surface area contributed by atoms with Crippen molar-refractivity contribution in [1.82, 2.24) is 0 Å². The molecule has 0 N–H and O–H groups in total. The molecule has 1 aliphatic carbocycles. The van der Waals surface area contributed by atoms with Gasteiger partial charge < -0.3 is 18.9 Å². The second-order valence-electron chi connectivity index (χ2n) is 10.3. The van der Waals surface area contributed by atoms with E-state index in [1.165, 1.54) is 55.2 Å². The molecule has 0 radical (unpaired) electrons. The molecule has 2 aromatic rings. The van der Waals surface area contributed by atoms with Crippen LogP contribution in [0.2, 0.25) is 0 Å². The van der Waals surface area contributed by atoms with E-state index in [2.05, 4.69) is 73.7 Å². The Morgan fingerprint density at radius 3 is 2.06 bits per heavy atom. The van der Waals surface area contributed by atoms with Crippen LogP contribution in [0.5, 0.6) is 11.5 Å². The van der Waals surface area contributed by atoms with E-state index in [0.717, 1.165) is 31.1 Å². The van der Waals surface area contributed by atoms with Gasteiger partial charge in [0.1, 0.15) is 36.9 Å². The van der Waals surface area contributed by atoms with Crippen molar-refractivity contribution in [2.24, 2.45) is 0 Å². The summed E-state index contributed by atoms with van der Waals surface area (Å²) < 4.78 is 22.8. The van der Waals surface area contributed by atoms with E-state index in [4.69, 9.17) is 18.9 Å². The summed E-state index contributed by atoms with van der Waals surface area (Å²) in [6.45, 7) is 5.19. The quantitative estimate of drug-likeness (QED) is 0.152. The number of para-hydroxylation sites is 1. The molecule has 0 saturated carbocycles. The van der Waals surface area contributed by atoms with E-state index in [9.17, 15) is 0 Å². The maximum absolute atomic E-state index is 6.39. The maximum Gasteiger partial charge on any atom is 0.126 e. The maximum atomic E-state index is 6.39. The lowest BCUT2D eigenvalue weighted by Gasteiger charge is -2.22. The van der Waals surface area contributed by atoms with Crippen LogP contribution in [0.4, 0.5) is 0 Å². The predicted molar refractivity (Wildman–Crippen MR) is 144 cm³/mol. The monoisotopic (exact) mass is 488 g/mol. The zero-order valence-electron chi connectivity index (χ0n) is 21.6. The van der Waals surface area contributed by atoms with Gasteiger partial charge in [-0.15, -0.1) is 0 Å². The number of allylic oxidation sites excluding steroid dienone is 4. The van der Waals surface area contributed by atoms with Gasteiger partial charge in [0, 0.05) is 17.4 Å². The van der Waals surface area contributed by atoms with Crippen LogP contribution in [-0.4, -0.2) is 38.6 Å². The fourth-order valence-corrected chi connectivity index (χ4v) is 4.85. The average molecular weight is 489 g/mol. The van der Waals surface area contributed by atoms with Gasteiger partial charge in [0.25, 0.3) is 0 Å². The van der Waals surface area contributed by atoms with Gasteiger partial charge in [-0.3, -0.25) is 0 Å². The Morgan fingerprint density at radius 2 is 1.36 bits per heavy atom. The molecular weight excluding hydrogens is 448 g/mol. The first-order valence-electron chi connectivity index (χ1n) is 13.9. The largest absolute Gasteiger partial charge is 0.491 e. The van der Waals surface area contributed by atoms with Crippen molar-refractivity contribution in [2.45, 2.75) is 75.9 Å². The first-order chi connectivity index (χ1) is 17.8. The number of epoxide rings is 2. The summed E-state index contributed by atoms with van der Waals surface area (Å²) in [5.74, 6) is 2.47. The van der Waals surface area contributed by atoms with Gasteiger partial charge in [-0.05, 0) is 36.1 Å². The van der Waals surface area contributed by atoms with Crippen LogP contribution in [0.1, 0.15) is 74.0 Å². The average Bonchev–Trinajstić information content (AvgIpc) is 3.85. The van der Waals surface area contributed by atoms with Crippen molar-refractivity contribution in [3.05, 3.63) is 83.5 Å². The number of unbranched alkanes of at least 4 members (excludes halogenated alkanes) is 5. The van der Waals surface area contributed by atoms with Gasteiger partial charge >= 0.3 is 0 Å². The molecule has 0 aromatic heterocycles. The highest BCUT2D eigenvalue weighted by Gasteiger charge is 2.26. The van der Waals surface area contributed by atoms with Crippen molar-refractivity contribution in [2.75, 3.05) is 26.4 Å². The van der Waals surface area contributed by atoms with E-state index in [0.29, 0.717) is 13.2 Å². The van der Waals surface area contributed by atoms with Gasteiger partial charge in [-0.2, -0.15) is 0 Å². The number of hydrogen-bond donors (Lipinski definition) is 0. The first-order valence-corrected chi connectivity index (χ1v) is 13.9. The first kappa shape index (κ1) is 25.1. The van der Waals surface area contributed by atoms with Crippen molar-refractivity contribution in [3.63, 3.8) is 0 Å². The van der Waals surface area contributed by atoms with E-state index < -0.39 is 0 Å². The Kier molecular flexibility index (Phi) is 8.79. The van der Waals surface area contributed by atoms with Crippen molar-refractivity contribution in [3.8, 4) is 11.5 Å². The lowest BCUT2D eigenvalue weighted by Crippen LogP contribution is -2.10. The molecular formula is C32H40O4. The molecule has 4 nitrogen and oxygen atoms in total. The molecule has 0 spiro atoms. The summed E-state index contributed by atoms with van der Waals surface area (Å²) in [4.78, 5) is 0. The van der Waals surface area contributed by atoms with Gasteiger partial charge in [0.2, 0.25) is 0 Å². The zero-order valence-corrected chi connectivity index (χ0v) is 21.6. The Balaban J connectivity index is 1.22. The smallest absolute Gasteiger partial charge is 0.126 e. The van der Waals surface area contributed by atoms with E-state index in [1.807, 2.05) is 0 Å². The highest BCUT2D eigenvalue weighted by Crippen LogP contribution is 2.37. The highest BCUT2D eigenvalue weighted by atomic mass is 16.6. The standard InChI is InChI=1S/C32H40O4/c1-2-3-4-5-6-7-9-27-10-8-11-31(32(27)36-23-30-22-35-30)26-14-12-24(13-15-26)25-16-18-28(19-17-25)33-20-29-21-34-29/h8,10-19,24,26,29-30H,2-7,9,20-23H2,1H3. The van der Waals surface area contributed by atoms with Crippen molar-refractivity contribution >= 4 is 0 Å². The predicted octanol–water partition coefficient (Wildman–Crippen LogP) is 7.14. The Labute approximate surface area is 216 Å². The summed E-state index contributed by atoms with van der Waals surface area (Å²) in [6, 6.07) is 15.1. The molecule has 2 atom stereocenters. The lowest BCUT2D eigenvalue weighted by atomic mass is 9.86. The summed E-state index contributed by atoms with van der Waals surface area (Å²) in [7, 11) is 0.